The molecule has 228 valence electrons. The number of aromatic hydroxyl groups is 1. The minimum absolute atomic E-state index is 0.00625. The van der Waals surface area contributed by atoms with E-state index in [4.69, 9.17) is 10.2 Å². The van der Waals surface area contributed by atoms with E-state index in [1.165, 1.54) is 30.2 Å². The molecule has 1 heterocycles. The highest BCUT2D eigenvalue weighted by molar-refractivity contribution is 6.32. The van der Waals surface area contributed by atoms with Crippen LogP contribution in [0.25, 0.3) is 11.3 Å². The molecule has 6 atom stereocenters. The second kappa shape index (κ2) is 10.8. The van der Waals surface area contributed by atoms with E-state index >= 15 is 0 Å². The SMILES string of the molecule is CN(C)[C@H]1C(=O)C(C(N)=O)C(=O)[C@]2(O)C(=O)C3C(=O)c4c(O)ccc(-c5ccc(CNC6CCCCC6)o5)c4C[C@@H]3C[C@H]12. The van der Waals surface area contributed by atoms with Gasteiger partial charge >= 0.3 is 0 Å². The van der Waals surface area contributed by atoms with Crippen LogP contribution in [-0.2, 0) is 32.1 Å². The molecule has 1 aromatic carbocycles. The largest absolute Gasteiger partial charge is 0.507 e. The Morgan fingerprint density at radius 1 is 1.07 bits per heavy atom. The highest BCUT2D eigenvalue weighted by atomic mass is 16.3. The van der Waals surface area contributed by atoms with Crippen LogP contribution in [-0.4, -0.2) is 75.9 Å². The van der Waals surface area contributed by atoms with Crippen LogP contribution in [0.3, 0.4) is 0 Å². The molecule has 43 heavy (non-hydrogen) atoms. The van der Waals surface area contributed by atoms with Crippen molar-refractivity contribution in [3.8, 4) is 17.1 Å². The number of ketones is 4. The van der Waals surface area contributed by atoms with Gasteiger partial charge in [-0.05, 0) is 75.5 Å². The van der Waals surface area contributed by atoms with Gasteiger partial charge < -0.3 is 25.7 Å². The number of carbonyl (C=O) groups is 5. The molecule has 0 radical (unpaired) electrons. The van der Waals surface area contributed by atoms with Crippen LogP contribution in [0.4, 0.5) is 0 Å². The summed E-state index contributed by atoms with van der Waals surface area (Å²) in [4.78, 5) is 68.2. The number of primary amides is 1. The zero-order valence-electron chi connectivity index (χ0n) is 24.3. The molecule has 2 unspecified atom stereocenters. The van der Waals surface area contributed by atoms with Crippen LogP contribution in [0, 0.1) is 23.7 Å². The number of fused-ring (bicyclic) bond motifs is 3. The first kappa shape index (κ1) is 29.4. The normalized spacial score (nSPS) is 31.1. The summed E-state index contributed by atoms with van der Waals surface area (Å²) in [5, 5.41) is 26.1. The van der Waals surface area contributed by atoms with E-state index in [0.717, 1.165) is 18.6 Å². The molecule has 4 aliphatic rings. The van der Waals surface area contributed by atoms with E-state index in [2.05, 4.69) is 5.32 Å². The van der Waals surface area contributed by atoms with Crippen LogP contribution in [0.1, 0.15) is 60.2 Å². The molecule has 0 saturated heterocycles. The van der Waals surface area contributed by atoms with Crippen molar-refractivity contribution in [3.63, 3.8) is 0 Å². The minimum atomic E-state index is -2.74. The third kappa shape index (κ3) is 4.56. The van der Waals surface area contributed by atoms with Gasteiger partial charge in [0.1, 0.15) is 17.3 Å². The van der Waals surface area contributed by atoms with E-state index < -0.39 is 64.4 Å². The lowest BCUT2D eigenvalue weighted by atomic mass is 9.52. The summed E-state index contributed by atoms with van der Waals surface area (Å²) in [6.07, 6.45) is 6.11. The van der Waals surface area contributed by atoms with Crippen LogP contribution in [0.2, 0.25) is 0 Å². The topological polar surface area (TPSA) is 180 Å². The average Bonchev–Trinajstić information content (AvgIpc) is 3.43. The number of rotatable bonds is 6. The smallest absolute Gasteiger partial charge is 0.235 e. The Bertz CT molecular complexity index is 1520. The molecule has 4 aliphatic carbocycles. The number of nitrogens with zero attached hydrogens (tertiary/aromatic N) is 1. The molecule has 6 rings (SSSR count). The number of amides is 1. The van der Waals surface area contributed by atoms with Gasteiger partial charge in [0.15, 0.2) is 34.7 Å². The standard InChI is InChI=1S/C32H37N3O8/c1-35(2)26-20-13-15-12-19-18(22-11-8-17(43-22)14-34-16-6-4-3-5-7-16)9-10-21(36)24(19)27(37)23(15)29(39)32(20,42)30(40)25(28(26)38)31(33)41/h8-11,15-16,20,23,25-26,34,36,42H,3-7,12-14H2,1-2H3,(H2,33,41)/t15-,20-,23?,25?,26-,32-/m1/s1. The van der Waals surface area contributed by atoms with Crippen molar-refractivity contribution in [1.29, 1.82) is 0 Å². The molecule has 3 fully saturated rings. The van der Waals surface area contributed by atoms with Crippen molar-refractivity contribution in [2.24, 2.45) is 29.4 Å². The third-order valence-electron chi connectivity index (χ3n) is 10.0. The number of aliphatic hydroxyl groups is 1. The summed E-state index contributed by atoms with van der Waals surface area (Å²) in [7, 11) is 3.12. The zero-order chi connectivity index (χ0) is 30.8. The summed E-state index contributed by atoms with van der Waals surface area (Å²) < 4.78 is 6.17. The van der Waals surface area contributed by atoms with Crippen LogP contribution >= 0.6 is 0 Å². The highest BCUT2D eigenvalue weighted by Crippen LogP contribution is 2.51. The van der Waals surface area contributed by atoms with Crippen molar-refractivity contribution in [3.05, 3.63) is 41.2 Å². The second-order valence-corrected chi connectivity index (χ2v) is 12.8. The number of hydrogen-bond donors (Lipinski definition) is 4. The molecular weight excluding hydrogens is 554 g/mol. The Labute approximate surface area is 248 Å². The molecule has 2 aromatic rings. The number of nitrogens with one attached hydrogen (secondary N) is 1. The first-order valence-electron chi connectivity index (χ1n) is 15.0. The summed E-state index contributed by atoms with van der Waals surface area (Å²) in [5.74, 6) is -9.41. The van der Waals surface area contributed by atoms with E-state index in [1.54, 1.807) is 20.2 Å². The fourth-order valence-corrected chi connectivity index (χ4v) is 8.00. The van der Waals surface area contributed by atoms with Crippen LogP contribution < -0.4 is 11.1 Å². The molecule has 11 nitrogen and oxygen atoms in total. The highest BCUT2D eigenvalue weighted by Gasteiger charge is 2.69. The third-order valence-corrected chi connectivity index (χ3v) is 10.0. The number of likely N-dealkylation sites (N-methyl/N-ethyl adjacent to an activating group) is 1. The molecule has 1 amide bonds. The molecule has 1 aromatic heterocycles. The number of Topliss-reactive ketones (excluding diaryl/α,β-unsaturated/α-hetero) is 4. The number of hydrogen-bond acceptors (Lipinski definition) is 10. The Kier molecular flexibility index (Phi) is 7.38. The first-order valence-corrected chi connectivity index (χ1v) is 15.0. The predicted octanol–water partition coefficient (Wildman–Crippen LogP) is 1.55. The molecule has 5 N–H and O–H groups in total. The van der Waals surface area contributed by atoms with E-state index in [0.29, 0.717) is 29.5 Å². The monoisotopic (exact) mass is 591 g/mol. The Hall–Kier alpha value is -3.67. The van der Waals surface area contributed by atoms with Gasteiger partial charge in [-0.25, -0.2) is 0 Å². The van der Waals surface area contributed by atoms with Gasteiger partial charge in [0.05, 0.1) is 24.1 Å². The second-order valence-electron chi connectivity index (χ2n) is 12.8. The van der Waals surface area contributed by atoms with Crippen molar-refractivity contribution < 1.29 is 38.6 Å². The lowest BCUT2D eigenvalue weighted by Crippen LogP contribution is -2.74. The molecule has 11 heteroatoms. The fourth-order valence-electron chi connectivity index (χ4n) is 8.00. The average molecular weight is 592 g/mol. The Morgan fingerprint density at radius 2 is 1.79 bits per heavy atom. The number of nitrogens with two attached hydrogens (primary N) is 1. The van der Waals surface area contributed by atoms with Gasteiger partial charge in [0.25, 0.3) is 0 Å². The van der Waals surface area contributed by atoms with E-state index in [1.807, 2.05) is 12.1 Å². The predicted molar refractivity (Wildman–Crippen MR) is 153 cm³/mol. The number of furan rings is 1. The lowest BCUT2D eigenvalue weighted by Gasteiger charge is -2.52. The molecular formula is C32H37N3O8. The quantitative estimate of drug-likeness (QED) is 0.360. The van der Waals surface area contributed by atoms with E-state index in [9.17, 15) is 34.2 Å². The van der Waals surface area contributed by atoms with Gasteiger partial charge in [0.2, 0.25) is 5.91 Å². The van der Waals surface area contributed by atoms with Crippen LogP contribution in [0.15, 0.2) is 28.7 Å². The summed E-state index contributed by atoms with van der Waals surface area (Å²) in [5.41, 5.74) is 3.69. The number of phenols is 1. The molecule has 0 aliphatic heterocycles. The maximum atomic E-state index is 14.0. The molecule has 3 saturated carbocycles. The van der Waals surface area contributed by atoms with Crippen molar-refractivity contribution >= 4 is 29.0 Å². The van der Waals surface area contributed by atoms with Gasteiger partial charge in [0, 0.05) is 17.5 Å². The van der Waals surface area contributed by atoms with Crippen LogP contribution in [0.5, 0.6) is 5.75 Å². The molecule has 0 bridgehead atoms. The first-order chi connectivity index (χ1) is 20.4. The maximum Gasteiger partial charge on any atom is 0.235 e. The lowest BCUT2D eigenvalue weighted by molar-refractivity contribution is -0.181. The summed E-state index contributed by atoms with van der Waals surface area (Å²) >= 11 is 0. The number of carbonyl (C=O) groups excluding carboxylic acids is 5. The molecule has 0 spiro atoms. The Balaban J connectivity index is 1.35. The van der Waals surface area contributed by atoms with Gasteiger partial charge in [-0.15, -0.1) is 0 Å². The van der Waals surface area contributed by atoms with Gasteiger partial charge in [-0.2, -0.15) is 0 Å². The fraction of sp³-hybridized carbons (Fsp3) is 0.531. The zero-order valence-corrected chi connectivity index (χ0v) is 24.3. The number of benzene rings is 1. The van der Waals surface area contributed by atoms with Crippen molar-refractivity contribution in [1.82, 2.24) is 10.2 Å². The summed E-state index contributed by atoms with van der Waals surface area (Å²) in [6.45, 7) is 0.559. The van der Waals surface area contributed by atoms with Gasteiger partial charge in [-0.1, -0.05) is 19.3 Å². The van der Waals surface area contributed by atoms with Crippen molar-refractivity contribution in [2.75, 3.05) is 14.1 Å². The Morgan fingerprint density at radius 3 is 2.47 bits per heavy atom. The van der Waals surface area contributed by atoms with E-state index in [-0.39, 0.29) is 24.2 Å². The minimum Gasteiger partial charge on any atom is -0.507 e. The van der Waals surface area contributed by atoms with Crippen molar-refractivity contribution in [2.45, 2.75) is 69.2 Å². The maximum absolute atomic E-state index is 14.0. The van der Waals surface area contributed by atoms with Gasteiger partial charge in [-0.3, -0.25) is 28.9 Å². The number of phenolic OH excluding ortho intramolecular Hbond substituents is 1. The summed E-state index contributed by atoms with van der Waals surface area (Å²) in [6, 6.07) is 6.04.